The maximum atomic E-state index is 13.5. The number of primary amides is 1. The van der Waals surface area contributed by atoms with E-state index in [9.17, 15) is 18.8 Å². The summed E-state index contributed by atoms with van der Waals surface area (Å²) < 4.78 is 27.0. The van der Waals surface area contributed by atoms with Crippen molar-refractivity contribution in [2.24, 2.45) is 5.73 Å². The smallest absolute Gasteiger partial charge is 0.248 e. The summed E-state index contributed by atoms with van der Waals surface area (Å²) in [6, 6.07) is 19.7. The topological polar surface area (TPSA) is 73.4 Å². The Morgan fingerprint density at radius 1 is 0.875 bits per heavy atom. The number of nitrogens with two attached hydrogens (primary N) is 1. The number of anilines is 1. The molecule has 32 heavy (non-hydrogen) atoms. The summed E-state index contributed by atoms with van der Waals surface area (Å²) in [5, 5.41) is 9.54. The SMILES string of the molecule is N#Cc1cc(C(N)=O)ccc1N1CCN(C(c2ccc(F)cc2)c2ccc(F)cc2)CC1. The van der Waals surface area contributed by atoms with Crippen LogP contribution in [0.15, 0.2) is 66.7 Å². The fourth-order valence-electron chi connectivity index (χ4n) is 4.18. The monoisotopic (exact) mass is 432 g/mol. The van der Waals surface area contributed by atoms with Crippen LogP contribution in [0, 0.1) is 23.0 Å². The summed E-state index contributed by atoms with van der Waals surface area (Å²) in [5.74, 6) is -1.18. The zero-order valence-corrected chi connectivity index (χ0v) is 17.3. The van der Waals surface area contributed by atoms with Gasteiger partial charge >= 0.3 is 0 Å². The molecule has 0 atom stereocenters. The fraction of sp³-hybridized carbons (Fsp3) is 0.200. The van der Waals surface area contributed by atoms with Crippen molar-refractivity contribution in [3.8, 4) is 6.07 Å². The third kappa shape index (κ3) is 4.46. The van der Waals surface area contributed by atoms with E-state index >= 15 is 0 Å². The molecule has 162 valence electrons. The van der Waals surface area contributed by atoms with Gasteiger partial charge in [-0.15, -0.1) is 0 Å². The van der Waals surface area contributed by atoms with Crippen molar-refractivity contribution in [1.82, 2.24) is 4.90 Å². The zero-order chi connectivity index (χ0) is 22.7. The number of halogens is 2. The van der Waals surface area contributed by atoms with Crippen LogP contribution < -0.4 is 10.6 Å². The van der Waals surface area contributed by atoms with Gasteiger partial charge < -0.3 is 10.6 Å². The highest BCUT2D eigenvalue weighted by Gasteiger charge is 2.27. The molecular weight excluding hydrogens is 410 g/mol. The number of carbonyl (C=O) groups excluding carboxylic acids is 1. The molecule has 3 aromatic rings. The van der Waals surface area contributed by atoms with Gasteiger partial charge in [0.2, 0.25) is 5.91 Å². The number of nitriles is 1. The van der Waals surface area contributed by atoms with Gasteiger partial charge in [-0.2, -0.15) is 5.26 Å². The summed E-state index contributed by atoms with van der Waals surface area (Å²) >= 11 is 0. The highest BCUT2D eigenvalue weighted by atomic mass is 19.1. The van der Waals surface area contributed by atoms with Crippen molar-refractivity contribution >= 4 is 11.6 Å². The Kier molecular flexibility index (Phi) is 6.15. The van der Waals surface area contributed by atoms with Crippen LogP contribution in [0.2, 0.25) is 0 Å². The molecule has 1 heterocycles. The van der Waals surface area contributed by atoms with Crippen molar-refractivity contribution in [2.75, 3.05) is 31.1 Å². The fourth-order valence-corrected chi connectivity index (χ4v) is 4.18. The summed E-state index contributed by atoms with van der Waals surface area (Å²) in [6.45, 7) is 2.68. The van der Waals surface area contributed by atoms with E-state index in [2.05, 4.69) is 15.9 Å². The number of hydrogen-bond donors (Lipinski definition) is 1. The standard InChI is InChI=1S/C25H22F2N4O/c26-21-6-1-17(2-7-21)24(18-3-8-22(27)9-4-18)31-13-11-30(12-14-31)23-10-5-19(25(29)32)15-20(23)16-28/h1-10,15,24H,11-14H2,(H2,29,32). The van der Waals surface area contributed by atoms with Crippen molar-refractivity contribution in [3.05, 3.63) is 101 Å². The first-order chi connectivity index (χ1) is 15.5. The molecular formula is C25H22F2N4O. The highest BCUT2D eigenvalue weighted by molar-refractivity contribution is 5.93. The predicted molar refractivity (Wildman–Crippen MR) is 118 cm³/mol. The number of hydrogen-bond acceptors (Lipinski definition) is 4. The molecule has 0 bridgehead atoms. The second-order valence-electron chi connectivity index (χ2n) is 7.74. The second kappa shape index (κ2) is 9.16. The molecule has 7 heteroatoms. The van der Waals surface area contributed by atoms with E-state index in [1.54, 1.807) is 36.4 Å². The molecule has 0 aliphatic carbocycles. The first-order valence-electron chi connectivity index (χ1n) is 10.3. The molecule has 0 unspecified atom stereocenters. The molecule has 2 N–H and O–H groups in total. The Morgan fingerprint density at radius 2 is 1.41 bits per heavy atom. The first-order valence-corrected chi connectivity index (χ1v) is 10.3. The summed E-state index contributed by atoms with van der Waals surface area (Å²) in [6.07, 6.45) is 0. The quantitative estimate of drug-likeness (QED) is 0.665. The first kappa shape index (κ1) is 21.5. The number of amides is 1. The molecule has 3 aromatic carbocycles. The van der Waals surface area contributed by atoms with Gasteiger partial charge in [0.15, 0.2) is 0 Å². The molecule has 4 rings (SSSR count). The molecule has 1 fully saturated rings. The van der Waals surface area contributed by atoms with Crippen LogP contribution in [-0.4, -0.2) is 37.0 Å². The molecule has 1 saturated heterocycles. The molecule has 1 aliphatic rings. The van der Waals surface area contributed by atoms with Crippen LogP contribution in [0.3, 0.4) is 0 Å². The highest BCUT2D eigenvalue weighted by Crippen LogP contribution is 2.31. The Hall–Kier alpha value is -3.76. The van der Waals surface area contributed by atoms with Gasteiger partial charge in [-0.3, -0.25) is 9.69 Å². The summed E-state index contributed by atoms with van der Waals surface area (Å²) in [7, 11) is 0. The van der Waals surface area contributed by atoms with Crippen LogP contribution in [0.4, 0.5) is 14.5 Å². The summed E-state index contributed by atoms with van der Waals surface area (Å²) in [4.78, 5) is 15.8. The maximum Gasteiger partial charge on any atom is 0.248 e. The van der Waals surface area contributed by atoms with Gasteiger partial charge in [-0.1, -0.05) is 24.3 Å². The Labute approximate surface area is 185 Å². The number of benzene rings is 3. The van der Waals surface area contributed by atoms with E-state index < -0.39 is 5.91 Å². The third-order valence-corrected chi connectivity index (χ3v) is 5.79. The zero-order valence-electron chi connectivity index (χ0n) is 17.3. The molecule has 1 amide bonds. The normalized spacial score (nSPS) is 14.4. The average Bonchev–Trinajstić information content (AvgIpc) is 2.81. The van der Waals surface area contributed by atoms with Crippen molar-refractivity contribution < 1.29 is 13.6 Å². The molecule has 0 radical (unpaired) electrons. The van der Waals surface area contributed by atoms with Crippen molar-refractivity contribution in [1.29, 1.82) is 5.26 Å². The minimum Gasteiger partial charge on any atom is -0.368 e. The number of piperazine rings is 1. The van der Waals surface area contributed by atoms with Gasteiger partial charge in [0, 0.05) is 31.7 Å². The molecule has 1 aliphatic heterocycles. The van der Waals surface area contributed by atoms with E-state index in [-0.39, 0.29) is 17.7 Å². The van der Waals surface area contributed by atoms with Crippen molar-refractivity contribution in [3.63, 3.8) is 0 Å². The lowest BCUT2D eigenvalue weighted by atomic mass is 9.96. The van der Waals surface area contributed by atoms with Crippen LogP contribution in [0.25, 0.3) is 0 Å². The number of rotatable bonds is 5. The average molecular weight is 432 g/mol. The third-order valence-electron chi connectivity index (χ3n) is 5.79. The lowest BCUT2D eigenvalue weighted by Crippen LogP contribution is -2.48. The Balaban J connectivity index is 1.58. The predicted octanol–water partition coefficient (Wildman–Crippen LogP) is 3.85. The second-order valence-corrected chi connectivity index (χ2v) is 7.74. The van der Waals surface area contributed by atoms with Crippen LogP contribution in [-0.2, 0) is 0 Å². The van der Waals surface area contributed by atoms with Gasteiger partial charge in [0.05, 0.1) is 17.3 Å². The van der Waals surface area contributed by atoms with Gasteiger partial charge in [0.25, 0.3) is 0 Å². The van der Waals surface area contributed by atoms with Crippen LogP contribution in [0.5, 0.6) is 0 Å². The Bertz CT molecular complexity index is 1100. The van der Waals surface area contributed by atoms with Crippen LogP contribution >= 0.6 is 0 Å². The van der Waals surface area contributed by atoms with Gasteiger partial charge in [-0.05, 0) is 53.6 Å². The van der Waals surface area contributed by atoms with E-state index in [1.807, 2.05) is 0 Å². The van der Waals surface area contributed by atoms with Crippen molar-refractivity contribution in [2.45, 2.75) is 6.04 Å². The molecule has 5 nitrogen and oxygen atoms in total. The summed E-state index contributed by atoms with van der Waals surface area (Å²) in [5.41, 5.74) is 8.65. The molecule has 0 aromatic heterocycles. The van der Waals surface area contributed by atoms with E-state index in [1.165, 1.54) is 30.3 Å². The number of nitrogens with zero attached hydrogens (tertiary/aromatic N) is 3. The minimum atomic E-state index is -0.570. The largest absolute Gasteiger partial charge is 0.368 e. The van der Waals surface area contributed by atoms with E-state index in [0.29, 0.717) is 37.3 Å². The van der Waals surface area contributed by atoms with E-state index in [0.717, 1.165) is 16.8 Å². The molecule has 0 spiro atoms. The lowest BCUT2D eigenvalue weighted by Gasteiger charge is -2.41. The number of carbonyl (C=O) groups is 1. The maximum absolute atomic E-state index is 13.5. The Morgan fingerprint density at radius 3 is 1.88 bits per heavy atom. The molecule has 0 saturated carbocycles. The van der Waals surface area contributed by atoms with Gasteiger partial charge in [0.1, 0.15) is 17.7 Å². The minimum absolute atomic E-state index is 0.147. The van der Waals surface area contributed by atoms with Crippen LogP contribution in [0.1, 0.15) is 33.1 Å². The van der Waals surface area contributed by atoms with Gasteiger partial charge in [-0.25, -0.2) is 8.78 Å². The van der Waals surface area contributed by atoms with E-state index in [4.69, 9.17) is 5.73 Å². The lowest BCUT2D eigenvalue weighted by molar-refractivity contribution is 0.1000.